The Morgan fingerprint density at radius 1 is 1.33 bits per heavy atom. The maximum atomic E-state index is 11.9. The van der Waals surface area contributed by atoms with E-state index in [0.29, 0.717) is 17.1 Å². The SMILES string of the molecule is COc1ccc2c(c1)O[C@H](C)[C@@H](C)C2=O. The van der Waals surface area contributed by atoms with Gasteiger partial charge < -0.3 is 9.47 Å². The lowest BCUT2D eigenvalue weighted by Crippen LogP contribution is -2.33. The Bertz CT molecular complexity index is 398. The van der Waals surface area contributed by atoms with Gasteiger partial charge in [-0.3, -0.25) is 4.79 Å². The van der Waals surface area contributed by atoms with Gasteiger partial charge in [0.05, 0.1) is 18.6 Å². The molecule has 2 rings (SSSR count). The van der Waals surface area contributed by atoms with Crippen molar-refractivity contribution in [3.8, 4) is 11.5 Å². The minimum atomic E-state index is -0.0779. The molecule has 1 aliphatic heterocycles. The molecule has 0 saturated carbocycles. The summed E-state index contributed by atoms with van der Waals surface area (Å²) in [6.07, 6.45) is -0.0721. The first kappa shape index (κ1) is 10.0. The highest BCUT2D eigenvalue weighted by atomic mass is 16.5. The minimum absolute atomic E-state index is 0.0721. The van der Waals surface area contributed by atoms with Gasteiger partial charge in [-0.15, -0.1) is 0 Å². The fourth-order valence-electron chi connectivity index (χ4n) is 1.69. The van der Waals surface area contributed by atoms with E-state index >= 15 is 0 Å². The summed E-state index contributed by atoms with van der Waals surface area (Å²) in [6.45, 7) is 3.80. The van der Waals surface area contributed by atoms with Gasteiger partial charge in [0.2, 0.25) is 0 Å². The largest absolute Gasteiger partial charge is 0.497 e. The number of benzene rings is 1. The van der Waals surface area contributed by atoms with Crippen molar-refractivity contribution in [2.24, 2.45) is 5.92 Å². The zero-order valence-corrected chi connectivity index (χ0v) is 9.11. The maximum absolute atomic E-state index is 11.9. The Hall–Kier alpha value is -1.51. The van der Waals surface area contributed by atoms with Crippen molar-refractivity contribution in [2.45, 2.75) is 20.0 Å². The maximum Gasteiger partial charge on any atom is 0.173 e. The van der Waals surface area contributed by atoms with Gasteiger partial charge in [-0.05, 0) is 19.1 Å². The van der Waals surface area contributed by atoms with Crippen LogP contribution in [0, 0.1) is 5.92 Å². The van der Waals surface area contributed by atoms with Crippen molar-refractivity contribution in [1.82, 2.24) is 0 Å². The number of ketones is 1. The average Bonchev–Trinajstić information content (AvgIpc) is 2.25. The van der Waals surface area contributed by atoms with Crippen LogP contribution in [0.4, 0.5) is 0 Å². The Morgan fingerprint density at radius 2 is 2.07 bits per heavy atom. The van der Waals surface area contributed by atoms with Gasteiger partial charge in [0, 0.05) is 6.07 Å². The van der Waals surface area contributed by atoms with E-state index in [2.05, 4.69) is 0 Å². The monoisotopic (exact) mass is 206 g/mol. The van der Waals surface area contributed by atoms with Crippen LogP contribution in [0.1, 0.15) is 24.2 Å². The van der Waals surface area contributed by atoms with Crippen LogP contribution in [0.3, 0.4) is 0 Å². The van der Waals surface area contributed by atoms with Crippen molar-refractivity contribution in [1.29, 1.82) is 0 Å². The molecule has 0 spiro atoms. The Labute approximate surface area is 89.0 Å². The van der Waals surface area contributed by atoms with Crippen LogP contribution in [0.15, 0.2) is 18.2 Å². The molecular formula is C12H14O3. The Balaban J connectivity index is 2.46. The predicted molar refractivity (Wildman–Crippen MR) is 56.6 cm³/mol. The first-order valence-corrected chi connectivity index (χ1v) is 5.02. The third-order valence-electron chi connectivity index (χ3n) is 2.88. The summed E-state index contributed by atoms with van der Waals surface area (Å²) >= 11 is 0. The number of Topliss-reactive ketones (excluding diaryl/α,β-unsaturated/α-hetero) is 1. The highest BCUT2D eigenvalue weighted by Gasteiger charge is 2.31. The van der Waals surface area contributed by atoms with Crippen LogP contribution in [0.5, 0.6) is 11.5 Å². The Morgan fingerprint density at radius 3 is 2.73 bits per heavy atom. The van der Waals surface area contributed by atoms with Crippen LogP contribution < -0.4 is 9.47 Å². The van der Waals surface area contributed by atoms with Crippen LogP contribution in [0.2, 0.25) is 0 Å². The summed E-state index contributed by atoms with van der Waals surface area (Å²) in [4.78, 5) is 11.9. The molecule has 0 aromatic heterocycles. The molecule has 80 valence electrons. The van der Waals surface area contributed by atoms with E-state index in [0.717, 1.165) is 0 Å². The number of methoxy groups -OCH3 is 1. The number of carbonyl (C=O) groups is 1. The molecule has 0 aliphatic carbocycles. The molecule has 0 N–H and O–H groups in total. The van der Waals surface area contributed by atoms with Crippen LogP contribution >= 0.6 is 0 Å². The van der Waals surface area contributed by atoms with Gasteiger partial charge >= 0.3 is 0 Å². The van der Waals surface area contributed by atoms with Gasteiger partial charge in [0.1, 0.15) is 17.6 Å². The van der Waals surface area contributed by atoms with Gasteiger partial charge in [0.25, 0.3) is 0 Å². The molecule has 1 aliphatic rings. The molecular weight excluding hydrogens is 192 g/mol. The van der Waals surface area contributed by atoms with E-state index in [1.807, 2.05) is 13.8 Å². The standard InChI is InChI=1S/C12H14O3/c1-7-8(2)15-11-6-9(14-3)4-5-10(11)12(7)13/h4-8H,1-3H3/t7-,8-/m1/s1. The van der Waals surface area contributed by atoms with Gasteiger partial charge in [-0.2, -0.15) is 0 Å². The number of fused-ring (bicyclic) bond motifs is 1. The van der Waals surface area contributed by atoms with Crippen molar-refractivity contribution in [3.05, 3.63) is 23.8 Å². The number of rotatable bonds is 1. The van der Waals surface area contributed by atoms with E-state index in [4.69, 9.17) is 9.47 Å². The quantitative estimate of drug-likeness (QED) is 0.707. The van der Waals surface area contributed by atoms with E-state index in [1.165, 1.54) is 0 Å². The van der Waals surface area contributed by atoms with Crippen molar-refractivity contribution >= 4 is 5.78 Å². The van der Waals surface area contributed by atoms with E-state index in [-0.39, 0.29) is 17.8 Å². The number of hydrogen-bond acceptors (Lipinski definition) is 3. The molecule has 0 amide bonds. The summed E-state index contributed by atoms with van der Waals surface area (Å²) < 4.78 is 10.7. The summed E-state index contributed by atoms with van der Waals surface area (Å²) in [5, 5.41) is 0. The van der Waals surface area contributed by atoms with Gasteiger partial charge in [-0.25, -0.2) is 0 Å². The zero-order valence-electron chi connectivity index (χ0n) is 9.11. The van der Waals surface area contributed by atoms with E-state index in [1.54, 1.807) is 25.3 Å². The van der Waals surface area contributed by atoms with E-state index < -0.39 is 0 Å². The van der Waals surface area contributed by atoms with E-state index in [9.17, 15) is 4.79 Å². The number of ether oxygens (including phenoxy) is 2. The average molecular weight is 206 g/mol. The van der Waals surface area contributed by atoms with Gasteiger partial charge in [-0.1, -0.05) is 6.92 Å². The molecule has 15 heavy (non-hydrogen) atoms. The molecule has 1 aromatic rings. The first-order valence-electron chi connectivity index (χ1n) is 5.02. The molecule has 0 fully saturated rings. The Kier molecular flexibility index (Phi) is 2.39. The molecule has 2 atom stereocenters. The molecule has 0 saturated heterocycles. The highest BCUT2D eigenvalue weighted by molar-refractivity contribution is 6.01. The van der Waals surface area contributed by atoms with Crippen LogP contribution in [0.25, 0.3) is 0 Å². The summed E-state index contributed by atoms with van der Waals surface area (Å²) in [5.41, 5.74) is 0.654. The van der Waals surface area contributed by atoms with Crippen molar-refractivity contribution < 1.29 is 14.3 Å². The lowest BCUT2D eigenvalue weighted by Gasteiger charge is -2.27. The van der Waals surface area contributed by atoms with Crippen LogP contribution in [-0.2, 0) is 0 Å². The molecule has 1 aromatic carbocycles. The minimum Gasteiger partial charge on any atom is -0.497 e. The lowest BCUT2D eigenvalue weighted by molar-refractivity contribution is 0.0729. The molecule has 1 heterocycles. The highest BCUT2D eigenvalue weighted by Crippen LogP contribution is 2.33. The molecule has 0 radical (unpaired) electrons. The summed E-state index contributed by atoms with van der Waals surface area (Å²) in [6, 6.07) is 5.30. The number of hydrogen-bond donors (Lipinski definition) is 0. The molecule has 0 bridgehead atoms. The second-order valence-electron chi connectivity index (χ2n) is 3.84. The van der Waals surface area contributed by atoms with Gasteiger partial charge in [0.15, 0.2) is 5.78 Å². The molecule has 3 nitrogen and oxygen atoms in total. The lowest BCUT2D eigenvalue weighted by atomic mass is 9.91. The third kappa shape index (κ3) is 1.58. The predicted octanol–water partition coefficient (Wildman–Crippen LogP) is 2.29. The summed E-state index contributed by atoms with van der Waals surface area (Å²) in [5.74, 6) is 1.41. The summed E-state index contributed by atoms with van der Waals surface area (Å²) in [7, 11) is 1.60. The third-order valence-corrected chi connectivity index (χ3v) is 2.88. The van der Waals surface area contributed by atoms with Crippen molar-refractivity contribution in [2.75, 3.05) is 7.11 Å². The second-order valence-corrected chi connectivity index (χ2v) is 3.84. The zero-order chi connectivity index (χ0) is 11.0. The van der Waals surface area contributed by atoms with Crippen LogP contribution in [-0.4, -0.2) is 19.0 Å². The van der Waals surface area contributed by atoms with Crippen molar-refractivity contribution in [3.63, 3.8) is 0 Å². The topological polar surface area (TPSA) is 35.5 Å². The fraction of sp³-hybridized carbons (Fsp3) is 0.417. The smallest absolute Gasteiger partial charge is 0.173 e. The second kappa shape index (κ2) is 3.57. The number of carbonyl (C=O) groups excluding carboxylic acids is 1. The molecule has 3 heteroatoms. The normalized spacial score (nSPS) is 24.3. The fourth-order valence-corrected chi connectivity index (χ4v) is 1.69. The molecule has 0 unspecified atom stereocenters. The first-order chi connectivity index (χ1) is 7.13.